The van der Waals surface area contributed by atoms with Gasteiger partial charge in [-0.05, 0) is 83.6 Å². The van der Waals surface area contributed by atoms with Crippen LogP contribution in [0.1, 0.15) is 63.9 Å². The Bertz CT molecular complexity index is 641. The van der Waals surface area contributed by atoms with Crippen molar-refractivity contribution in [2.24, 2.45) is 5.92 Å². The Morgan fingerprint density at radius 2 is 2.00 bits per heavy atom. The number of piperidine rings is 1. The van der Waals surface area contributed by atoms with Crippen LogP contribution in [0, 0.1) is 5.92 Å². The van der Waals surface area contributed by atoms with Gasteiger partial charge in [-0.1, -0.05) is 29.7 Å². The number of likely N-dealkylation sites (tertiary alicyclic amines) is 1. The highest BCUT2D eigenvalue weighted by Crippen LogP contribution is 2.31. The largest absolute Gasteiger partial charge is 0.478 e. The fourth-order valence-corrected chi connectivity index (χ4v) is 4.23. The van der Waals surface area contributed by atoms with Gasteiger partial charge in [-0.2, -0.15) is 0 Å². The number of rotatable bonds is 7. The monoisotopic (exact) mass is 354 g/mol. The third-order valence-electron chi connectivity index (χ3n) is 5.76. The molecule has 0 spiro atoms. The van der Waals surface area contributed by atoms with Gasteiger partial charge in [0.1, 0.15) is 0 Å². The van der Waals surface area contributed by atoms with E-state index in [-0.39, 0.29) is 0 Å². The number of ether oxygens (including phenoxy) is 1. The molecule has 1 fully saturated rings. The van der Waals surface area contributed by atoms with Crippen molar-refractivity contribution in [2.75, 3.05) is 26.7 Å². The van der Waals surface area contributed by atoms with Gasteiger partial charge in [-0.15, -0.1) is 0 Å². The Morgan fingerprint density at radius 3 is 2.77 bits per heavy atom. The zero-order chi connectivity index (χ0) is 18.4. The van der Waals surface area contributed by atoms with Crippen LogP contribution >= 0.6 is 0 Å². The summed E-state index contributed by atoms with van der Waals surface area (Å²) in [7, 11) is 2.23. The summed E-state index contributed by atoms with van der Waals surface area (Å²) < 4.78 is 5.94. The van der Waals surface area contributed by atoms with E-state index in [4.69, 9.17) is 4.74 Å². The van der Waals surface area contributed by atoms with E-state index >= 15 is 0 Å². The molecule has 0 saturated carbocycles. The lowest BCUT2D eigenvalue weighted by Gasteiger charge is -2.28. The van der Waals surface area contributed by atoms with Crippen LogP contribution in [0.25, 0.3) is 0 Å². The lowest BCUT2D eigenvalue weighted by atomic mass is 9.87. The molecular weight excluding hydrogens is 320 g/mol. The molecule has 3 rings (SSSR count). The van der Waals surface area contributed by atoms with E-state index in [2.05, 4.69) is 55.1 Å². The molecule has 1 aliphatic carbocycles. The summed E-state index contributed by atoms with van der Waals surface area (Å²) in [5.41, 5.74) is 4.11. The zero-order valence-corrected chi connectivity index (χ0v) is 16.7. The highest BCUT2D eigenvalue weighted by atomic mass is 16.5. The molecule has 2 aliphatic rings. The molecule has 0 aromatic carbocycles. The van der Waals surface area contributed by atoms with E-state index in [0.717, 1.165) is 31.2 Å². The summed E-state index contributed by atoms with van der Waals surface area (Å²) in [5, 5.41) is 0. The number of pyridine rings is 1. The standard InChI is InChI=1S/C23H34N2O/c1-18-14-19(2)16-22(15-18)21-7-10-24-23(17-21)26-13-5-4-6-20-8-11-25(3)12-9-20/h7,10,14-15,17,20,22H,4-6,8-9,11-13,16H2,1-3H3. The first kappa shape index (κ1) is 19.2. The van der Waals surface area contributed by atoms with Crippen LogP contribution in [0.4, 0.5) is 0 Å². The molecule has 1 atom stereocenters. The Kier molecular flexibility index (Phi) is 6.90. The fourth-order valence-electron chi connectivity index (χ4n) is 4.23. The van der Waals surface area contributed by atoms with Crippen LogP contribution in [-0.2, 0) is 0 Å². The Balaban J connectivity index is 1.41. The average molecular weight is 355 g/mol. The molecule has 142 valence electrons. The summed E-state index contributed by atoms with van der Waals surface area (Å²) in [6, 6.07) is 4.25. The van der Waals surface area contributed by atoms with Gasteiger partial charge < -0.3 is 9.64 Å². The molecule has 0 radical (unpaired) electrons. The predicted molar refractivity (Wildman–Crippen MR) is 109 cm³/mol. The number of hydrogen-bond donors (Lipinski definition) is 0. The van der Waals surface area contributed by atoms with Gasteiger partial charge in [-0.25, -0.2) is 4.98 Å². The second-order valence-electron chi connectivity index (χ2n) is 8.23. The Hall–Kier alpha value is -1.61. The van der Waals surface area contributed by atoms with Crippen molar-refractivity contribution >= 4 is 0 Å². The topological polar surface area (TPSA) is 25.4 Å². The quantitative estimate of drug-likeness (QED) is 0.617. The number of hydrogen-bond acceptors (Lipinski definition) is 3. The minimum absolute atomic E-state index is 0.454. The number of unbranched alkanes of at least 4 members (excludes halogenated alkanes) is 1. The van der Waals surface area contributed by atoms with Crippen molar-refractivity contribution < 1.29 is 4.74 Å². The van der Waals surface area contributed by atoms with Crippen molar-refractivity contribution in [2.45, 2.75) is 58.3 Å². The van der Waals surface area contributed by atoms with Gasteiger partial charge in [-0.3, -0.25) is 0 Å². The molecule has 1 aromatic heterocycles. The van der Waals surface area contributed by atoms with E-state index in [1.54, 1.807) is 0 Å². The molecule has 0 N–H and O–H groups in total. The van der Waals surface area contributed by atoms with Crippen LogP contribution in [-0.4, -0.2) is 36.6 Å². The van der Waals surface area contributed by atoms with Crippen molar-refractivity contribution in [1.82, 2.24) is 9.88 Å². The summed E-state index contributed by atoms with van der Waals surface area (Å²) in [4.78, 5) is 6.85. The molecule has 3 nitrogen and oxygen atoms in total. The summed E-state index contributed by atoms with van der Waals surface area (Å²) in [6.45, 7) is 7.70. The van der Waals surface area contributed by atoms with Crippen LogP contribution < -0.4 is 4.74 Å². The van der Waals surface area contributed by atoms with E-state index in [9.17, 15) is 0 Å². The number of aromatic nitrogens is 1. The zero-order valence-electron chi connectivity index (χ0n) is 16.7. The van der Waals surface area contributed by atoms with Crippen LogP contribution in [0.15, 0.2) is 41.6 Å². The maximum atomic E-state index is 5.94. The minimum Gasteiger partial charge on any atom is -0.478 e. The van der Waals surface area contributed by atoms with E-state index in [1.165, 1.54) is 55.5 Å². The lowest BCUT2D eigenvalue weighted by Crippen LogP contribution is -2.30. The highest BCUT2D eigenvalue weighted by molar-refractivity contribution is 5.36. The first-order valence-electron chi connectivity index (χ1n) is 10.2. The molecule has 1 saturated heterocycles. The third-order valence-corrected chi connectivity index (χ3v) is 5.76. The van der Waals surface area contributed by atoms with Gasteiger partial charge in [0.2, 0.25) is 5.88 Å². The van der Waals surface area contributed by atoms with E-state index < -0.39 is 0 Å². The minimum atomic E-state index is 0.454. The molecule has 1 unspecified atom stereocenters. The van der Waals surface area contributed by atoms with Gasteiger partial charge in [0, 0.05) is 18.2 Å². The molecular formula is C23H34N2O. The maximum absolute atomic E-state index is 5.94. The molecule has 1 aromatic rings. The van der Waals surface area contributed by atoms with Crippen molar-refractivity contribution in [3.8, 4) is 5.88 Å². The van der Waals surface area contributed by atoms with E-state index in [1.807, 2.05) is 6.20 Å². The lowest BCUT2D eigenvalue weighted by molar-refractivity contribution is 0.205. The van der Waals surface area contributed by atoms with Gasteiger partial charge in [0.05, 0.1) is 6.61 Å². The molecule has 0 bridgehead atoms. The second-order valence-corrected chi connectivity index (χ2v) is 8.23. The van der Waals surface area contributed by atoms with Crippen LogP contribution in [0.3, 0.4) is 0 Å². The van der Waals surface area contributed by atoms with Gasteiger partial charge in [0.15, 0.2) is 0 Å². The smallest absolute Gasteiger partial charge is 0.213 e. The van der Waals surface area contributed by atoms with Crippen molar-refractivity contribution in [3.05, 3.63) is 47.2 Å². The predicted octanol–water partition coefficient (Wildman–Crippen LogP) is 5.35. The molecule has 0 amide bonds. The first-order valence-corrected chi connectivity index (χ1v) is 10.2. The summed E-state index contributed by atoms with van der Waals surface area (Å²) in [5.74, 6) is 2.15. The van der Waals surface area contributed by atoms with Crippen LogP contribution in [0.2, 0.25) is 0 Å². The normalized spacial score (nSPS) is 22.0. The van der Waals surface area contributed by atoms with Crippen molar-refractivity contribution in [3.63, 3.8) is 0 Å². The Morgan fingerprint density at radius 1 is 1.19 bits per heavy atom. The van der Waals surface area contributed by atoms with Gasteiger partial charge in [0.25, 0.3) is 0 Å². The number of nitrogens with zero attached hydrogens (tertiary/aromatic N) is 2. The third kappa shape index (κ3) is 5.70. The summed E-state index contributed by atoms with van der Waals surface area (Å²) in [6.07, 6.45) is 14.1. The molecule has 2 heterocycles. The molecule has 3 heteroatoms. The average Bonchev–Trinajstić information content (AvgIpc) is 2.62. The van der Waals surface area contributed by atoms with E-state index in [0.29, 0.717) is 5.92 Å². The Labute approximate surface area is 159 Å². The first-order chi connectivity index (χ1) is 12.6. The summed E-state index contributed by atoms with van der Waals surface area (Å²) >= 11 is 0. The molecule has 1 aliphatic heterocycles. The van der Waals surface area contributed by atoms with Crippen LogP contribution in [0.5, 0.6) is 5.88 Å². The number of allylic oxidation sites excluding steroid dienone is 4. The maximum Gasteiger partial charge on any atom is 0.213 e. The second kappa shape index (κ2) is 9.36. The molecule has 26 heavy (non-hydrogen) atoms. The fraction of sp³-hybridized carbons (Fsp3) is 0.609. The van der Waals surface area contributed by atoms with Gasteiger partial charge >= 0.3 is 0 Å². The van der Waals surface area contributed by atoms with Crippen molar-refractivity contribution in [1.29, 1.82) is 0 Å². The highest BCUT2D eigenvalue weighted by Gasteiger charge is 2.16. The SMILES string of the molecule is CC1=CC(c2ccnc(OCCCCC3CCN(C)CC3)c2)CC(C)=C1.